The second-order valence-electron chi connectivity index (χ2n) is 8.22. The van der Waals surface area contributed by atoms with E-state index in [4.69, 9.17) is 4.98 Å². The molecule has 33 heavy (non-hydrogen) atoms. The molecular weight excluding hydrogens is 412 g/mol. The van der Waals surface area contributed by atoms with E-state index in [1.165, 1.54) is 0 Å². The largest absolute Gasteiger partial charge is 0.349 e. The summed E-state index contributed by atoms with van der Waals surface area (Å²) in [6.45, 7) is 1.19. The second kappa shape index (κ2) is 9.20. The number of aromatic nitrogens is 2. The molecule has 0 bridgehead atoms. The summed E-state index contributed by atoms with van der Waals surface area (Å²) in [7, 11) is 0. The second-order valence-corrected chi connectivity index (χ2v) is 8.22. The summed E-state index contributed by atoms with van der Waals surface area (Å²) in [4.78, 5) is 36.8. The number of hydrogen-bond donors (Lipinski definition) is 1. The molecule has 1 N–H and O–H groups in total. The Labute approximate surface area is 192 Å². The number of fused-ring (bicyclic) bond motifs is 1. The Morgan fingerprint density at radius 3 is 2.42 bits per heavy atom. The van der Waals surface area contributed by atoms with Gasteiger partial charge in [0.1, 0.15) is 0 Å². The fraction of sp³-hybridized carbons (Fsp3) is 0.185. The molecule has 2 amide bonds. The topological polar surface area (TPSA) is 75.2 Å². The molecular formula is C27H24N4O2. The van der Waals surface area contributed by atoms with Crippen molar-refractivity contribution >= 4 is 22.7 Å². The van der Waals surface area contributed by atoms with Crippen LogP contribution in [0.1, 0.15) is 33.6 Å². The Hall–Kier alpha value is -4.06. The maximum atomic E-state index is 13.5. The van der Waals surface area contributed by atoms with Gasteiger partial charge in [0.25, 0.3) is 11.8 Å². The lowest BCUT2D eigenvalue weighted by atomic mass is 10.0. The molecule has 1 fully saturated rings. The predicted molar refractivity (Wildman–Crippen MR) is 128 cm³/mol. The van der Waals surface area contributed by atoms with Crippen molar-refractivity contribution in [3.05, 3.63) is 96.3 Å². The van der Waals surface area contributed by atoms with Gasteiger partial charge in [-0.15, -0.1) is 0 Å². The van der Waals surface area contributed by atoms with Gasteiger partial charge in [-0.1, -0.05) is 36.4 Å². The van der Waals surface area contributed by atoms with Crippen LogP contribution in [0.4, 0.5) is 0 Å². The highest BCUT2D eigenvalue weighted by atomic mass is 16.2. The third-order valence-corrected chi connectivity index (χ3v) is 6.06. The number of carbonyl (C=O) groups is 2. The van der Waals surface area contributed by atoms with E-state index in [9.17, 15) is 9.59 Å². The number of likely N-dealkylation sites (tertiary alicyclic amines) is 1. The van der Waals surface area contributed by atoms with Crippen molar-refractivity contribution < 1.29 is 9.59 Å². The van der Waals surface area contributed by atoms with Gasteiger partial charge in [-0.05, 0) is 49.2 Å². The van der Waals surface area contributed by atoms with Gasteiger partial charge in [0, 0.05) is 48.0 Å². The van der Waals surface area contributed by atoms with Crippen LogP contribution < -0.4 is 5.32 Å². The number of pyridine rings is 2. The zero-order valence-corrected chi connectivity index (χ0v) is 18.1. The quantitative estimate of drug-likeness (QED) is 0.517. The number of nitrogens with one attached hydrogen (secondary N) is 1. The SMILES string of the molecule is O=C(NC1CCN(C(=O)c2cc(-c3cccnc3)nc3ccccc23)CC1)c1ccccc1. The van der Waals surface area contributed by atoms with Gasteiger partial charge in [0.2, 0.25) is 0 Å². The van der Waals surface area contributed by atoms with Crippen LogP contribution in [0.25, 0.3) is 22.2 Å². The molecule has 2 aromatic carbocycles. The Morgan fingerprint density at radius 2 is 1.67 bits per heavy atom. The van der Waals surface area contributed by atoms with Gasteiger partial charge in [-0.25, -0.2) is 4.98 Å². The van der Waals surface area contributed by atoms with Crippen LogP contribution >= 0.6 is 0 Å². The Kier molecular flexibility index (Phi) is 5.81. The van der Waals surface area contributed by atoms with Crippen molar-refractivity contribution in [1.82, 2.24) is 20.2 Å². The monoisotopic (exact) mass is 436 g/mol. The molecule has 0 atom stereocenters. The minimum atomic E-state index is -0.0679. The number of benzene rings is 2. The van der Waals surface area contributed by atoms with Gasteiger partial charge in [0.05, 0.1) is 16.8 Å². The highest BCUT2D eigenvalue weighted by molar-refractivity contribution is 6.07. The molecule has 164 valence electrons. The number of carbonyl (C=O) groups excluding carboxylic acids is 2. The number of piperidine rings is 1. The molecule has 6 heteroatoms. The number of nitrogens with zero attached hydrogens (tertiary/aromatic N) is 3. The van der Waals surface area contributed by atoms with Crippen LogP contribution in [-0.2, 0) is 0 Å². The van der Waals surface area contributed by atoms with Crippen LogP contribution in [0.15, 0.2) is 85.2 Å². The first-order valence-corrected chi connectivity index (χ1v) is 11.1. The van der Waals surface area contributed by atoms with Crippen LogP contribution in [-0.4, -0.2) is 45.8 Å². The zero-order valence-electron chi connectivity index (χ0n) is 18.1. The molecule has 1 aliphatic heterocycles. The van der Waals surface area contributed by atoms with E-state index in [-0.39, 0.29) is 17.9 Å². The first kappa shape index (κ1) is 20.8. The molecule has 0 radical (unpaired) electrons. The lowest BCUT2D eigenvalue weighted by Crippen LogP contribution is -2.46. The van der Waals surface area contributed by atoms with Crippen molar-refractivity contribution in [3.63, 3.8) is 0 Å². The summed E-state index contributed by atoms with van der Waals surface area (Å²) in [6.07, 6.45) is 4.93. The van der Waals surface area contributed by atoms with Crippen molar-refractivity contribution in [2.45, 2.75) is 18.9 Å². The normalized spacial score (nSPS) is 14.2. The number of amides is 2. The molecule has 3 heterocycles. The molecule has 0 spiro atoms. The van der Waals surface area contributed by atoms with E-state index in [2.05, 4.69) is 10.3 Å². The van der Waals surface area contributed by atoms with Gasteiger partial charge < -0.3 is 10.2 Å². The van der Waals surface area contributed by atoms with Gasteiger partial charge in [-0.2, -0.15) is 0 Å². The number of rotatable bonds is 4. The molecule has 6 nitrogen and oxygen atoms in total. The van der Waals surface area contributed by atoms with E-state index < -0.39 is 0 Å². The fourth-order valence-electron chi connectivity index (χ4n) is 4.27. The zero-order chi connectivity index (χ0) is 22.6. The average Bonchev–Trinajstić information content (AvgIpc) is 2.89. The van der Waals surface area contributed by atoms with E-state index in [1.54, 1.807) is 12.4 Å². The lowest BCUT2D eigenvalue weighted by Gasteiger charge is -2.32. The van der Waals surface area contributed by atoms with E-state index >= 15 is 0 Å². The Bertz CT molecular complexity index is 1280. The number of hydrogen-bond acceptors (Lipinski definition) is 4. The molecule has 0 unspecified atom stereocenters. The summed E-state index contributed by atoms with van der Waals surface area (Å²) in [5.41, 5.74) is 3.69. The third kappa shape index (κ3) is 4.46. The highest BCUT2D eigenvalue weighted by Crippen LogP contribution is 2.26. The maximum absolute atomic E-state index is 13.5. The number of para-hydroxylation sites is 1. The molecule has 2 aromatic heterocycles. The summed E-state index contributed by atoms with van der Waals surface area (Å²) in [5, 5.41) is 3.94. The van der Waals surface area contributed by atoms with Crippen LogP contribution in [0.5, 0.6) is 0 Å². The predicted octanol–water partition coefficient (Wildman–Crippen LogP) is 4.33. The first-order chi connectivity index (χ1) is 16.2. The summed E-state index contributed by atoms with van der Waals surface area (Å²) in [6, 6.07) is 22.7. The molecule has 1 saturated heterocycles. The molecule has 4 aromatic rings. The minimum absolute atomic E-state index is 0.00780. The van der Waals surface area contributed by atoms with Gasteiger partial charge in [0.15, 0.2) is 0 Å². The van der Waals surface area contributed by atoms with Crippen molar-refractivity contribution in [2.75, 3.05) is 13.1 Å². The molecule has 1 aliphatic rings. The van der Waals surface area contributed by atoms with Crippen molar-refractivity contribution in [3.8, 4) is 11.3 Å². The maximum Gasteiger partial charge on any atom is 0.254 e. The summed E-state index contributed by atoms with van der Waals surface area (Å²) in [5.74, 6) is -0.0757. The molecule has 5 rings (SSSR count). The summed E-state index contributed by atoms with van der Waals surface area (Å²) >= 11 is 0. The fourth-order valence-corrected chi connectivity index (χ4v) is 4.27. The lowest BCUT2D eigenvalue weighted by molar-refractivity contribution is 0.0700. The standard InChI is InChI=1S/C27H24N4O2/c32-26(19-7-2-1-3-8-19)29-21-12-15-31(16-13-21)27(33)23-17-25(20-9-6-14-28-18-20)30-24-11-5-4-10-22(23)24/h1-11,14,17-18,21H,12-13,15-16H2,(H,29,32). The van der Waals surface area contributed by atoms with Crippen molar-refractivity contribution in [2.24, 2.45) is 0 Å². The Balaban J connectivity index is 1.34. The van der Waals surface area contributed by atoms with Gasteiger partial charge in [-0.3, -0.25) is 14.6 Å². The van der Waals surface area contributed by atoms with E-state index in [1.807, 2.05) is 77.7 Å². The Morgan fingerprint density at radius 1 is 0.909 bits per heavy atom. The minimum Gasteiger partial charge on any atom is -0.349 e. The van der Waals surface area contributed by atoms with Crippen LogP contribution in [0.2, 0.25) is 0 Å². The smallest absolute Gasteiger partial charge is 0.254 e. The van der Waals surface area contributed by atoms with Gasteiger partial charge >= 0.3 is 0 Å². The van der Waals surface area contributed by atoms with E-state index in [0.29, 0.717) is 24.2 Å². The molecule has 0 aliphatic carbocycles. The average molecular weight is 437 g/mol. The third-order valence-electron chi connectivity index (χ3n) is 6.06. The van der Waals surface area contributed by atoms with Crippen molar-refractivity contribution in [1.29, 1.82) is 0 Å². The van der Waals surface area contributed by atoms with Crippen LogP contribution in [0.3, 0.4) is 0 Å². The highest BCUT2D eigenvalue weighted by Gasteiger charge is 2.26. The van der Waals surface area contributed by atoms with Crippen LogP contribution in [0, 0.1) is 0 Å². The summed E-state index contributed by atoms with van der Waals surface area (Å²) < 4.78 is 0. The molecule has 0 saturated carbocycles. The van der Waals surface area contributed by atoms with E-state index in [0.717, 1.165) is 35.0 Å². The first-order valence-electron chi connectivity index (χ1n) is 11.1.